The van der Waals surface area contributed by atoms with Gasteiger partial charge < -0.3 is 9.47 Å². The first-order valence-electron chi connectivity index (χ1n) is 3.59. The first-order valence-corrected chi connectivity index (χ1v) is 3.59. The minimum Gasteiger partial charge on any atom is -0.344 e. The van der Waals surface area contributed by atoms with Crippen molar-refractivity contribution in [2.75, 3.05) is 14.2 Å². The minimum absolute atomic E-state index is 0.449. The van der Waals surface area contributed by atoms with Crippen molar-refractivity contribution in [1.82, 2.24) is 5.16 Å². The molecule has 0 aliphatic rings. The van der Waals surface area contributed by atoms with Gasteiger partial charge in [0.2, 0.25) is 0 Å². The molecule has 1 rings (SSSR count). The van der Waals surface area contributed by atoms with Gasteiger partial charge in [0.25, 0.3) is 5.79 Å². The summed E-state index contributed by atoms with van der Waals surface area (Å²) in [6, 6.07) is 0. The molecule has 0 unspecified atom stereocenters. The van der Waals surface area contributed by atoms with Crippen molar-refractivity contribution in [3.8, 4) is 0 Å². The van der Waals surface area contributed by atoms with Crippen molar-refractivity contribution in [2.24, 2.45) is 0 Å². The minimum atomic E-state index is -0.888. The molecule has 0 aliphatic heterocycles. The number of nitrogens with one attached hydrogen (secondary N) is 1. The van der Waals surface area contributed by atoms with Crippen molar-refractivity contribution in [1.29, 1.82) is 0 Å². The van der Waals surface area contributed by atoms with E-state index in [1.807, 2.05) is 0 Å². The lowest BCUT2D eigenvalue weighted by atomic mass is 10.3. The number of hydrogen-bond donors (Lipinski definition) is 0. The van der Waals surface area contributed by atoms with Gasteiger partial charge in [0.1, 0.15) is 0 Å². The average Bonchev–Trinajstić information content (AvgIpc) is 2.51. The van der Waals surface area contributed by atoms with Gasteiger partial charge in [-0.3, -0.25) is 0 Å². The summed E-state index contributed by atoms with van der Waals surface area (Å²) >= 11 is 0. The lowest BCUT2D eigenvalue weighted by molar-refractivity contribution is -0.446. The van der Waals surface area contributed by atoms with Crippen LogP contribution in [0.15, 0.2) is 4.52 Å². The third-order valence-corrected chi connectivity index (χ3v) is 1.76. The molecule has 68 valence electrons. The summed E-state index contributed by atoms with van der Waals surface area (Å²) in [6.07, 6.45) is 0. The van der Waals surface area contributed by atoms with Gasteiger partial charge in [0.05, 0.1) is 0 Å². The van der Waals surface area contributed by atoms with Gasteiger partial charge in [-0.1, -0.05) is 0 Å². The maximum atomic E-state index is 5.10. The smallest absolute Gasteiger partial charge is 0.344 e. The van der Waals surface area contributed by atoms with Gasteiger partial charge in [-0.25, -0.2) is 9.51 Å². The van der Waals surface area contributed by atoms with Crippen LogP contribution in [-0.2, 0) is 15.3 Å². The molecule has 0 radical (unpaired) electrons. The van der Waals surface area contributed by atoms with Gasteiger partial charge >= 0.3 is 11.7 Å². The van der Waals surface area contributed by atoms with Crippen molar-refractivity contribution < 1.29 is 19.0 Å². The molecule has 1 aromatic heterocycles. The second-order valence-electron chi connectivity index (χ2n) is 2.58. The van der Waals surface area contributed by atoms with E-state index in [-0.39, 0.29) is 0 Å². The Bertz CT molecular complexity index is 255. The topological polar surface area (TPSA) is 58.6 Å². The molecule has 0 bridgehead atoms. The van der Waals surface area contributed by atoms with Crippen LogP contribution >= 0.6 is 0 Å². The molecule has 0 aromatic carbocycles. The molecule has 0 spiro atoms. The number of aromatic amines is 1. The van der Waals surface area contributed by atoms with Crippen LogP contribution in [0.5, 0.6) is 0 Å². The van der Waals surface area contributed by atoms with E-state index in [9.17, 15) is 0 Å². The Hall–Kier alpha value is -0.940. The summed E-state index contributed by atoms with van der Waals surface area (Å²) in [5, 5.41) is 3.69. The molecule has 12 heavy (non-hydrogen) atoms. The van der Waals surface area contributed by atoms with E-state index in [2.05, 4.69) is 10.1 Å². The summed E-state index contributed by atoms with van der Waals surface area (Å²) in [7, 11) is 3.07. The number of nitrogens with zero attached hydrogens (tertiary/aromatic N) is 1. The second-order valence-corrected chi connectivity index (χ2v) is 2.58. The van der Waals surface area contributed by atoms with Crippen molar-refractivity contribution >= 4 is 0 Å². The van der Waals surface area contributed by atoms with E-state index in [0.717, 1.165) is 0 Å². The molecule has 0 saturated heterocycles. The number of H-pyrrole nitrogens is 1. The van der Waals surface area contributed by atoms with Gasteiger partial charge in [0, 0.05) is 28.1 Å². The highest BCUT2D eigenvalue weighted by Gasteiger charge is 2.36. The lowest BCUT2D eigenvalue weighted by Crippen LogP contribution is -2.32. The lowest BCUT2D eigenvalue weighted by Gasteiger charge is -2.18. The van der Waals surface area contributed by atoms with Crippen molar-refractivity contribution in [3.05, 3.63) is 11.7 Å². The first-order chi connectivity index (χ1) is 5.62. The normalized spacial score (nSPS) is 12.0. The van der Waals surface area contributed by atoms with Crippen LogP contribution in [0.4, 0.5) is 0 Å². The van der Waals surface area contributed by atoms with Crippen LogP contribution in [0.2, 0.25) is 0 Å². The Labute approximate surface area is 70.7 Å². The van der Waals surface area contributed by atoms with Crippen LogP contribution in [0.3, 0.4) is 0 Å². The Kier molecular flexibility index (Phi) is 2.44. The van der Waals surface area contributed by atoms with E-state index in [1.165, 1.54) is 14.2 Å². The number of ether oxygens (including phenoxy) is 2. The van der Waals surface area contributed by atoms with Gasteiger partial charge in [-0.05, 0) is 0 Å². The zero-order chi connectivity index (χ0) is 9.19. The average molecular weight is 173 g/mol. The first kappa shape index (κ1) is 9.15. The number of hydrogen-bond acceptors (Lipinski definition) is 4. The van der Waals surface area contributed by atoms with Crippen LogP contribution in [-0.4, -0.2) is 19.4 Å². The molecule has 5 nitrogen and oxygen atoms in total. The number of rotatable bonds is 3. The Morgan fingerprint density at radius 1 is 1.42 bits per heavy atom. The Balaban J connectivity index is 2.94. The van der Waals surface area contributed by atoms with Gasteiger partial charge in [-0.15, -0.1) is 0 Å². The summed E-state index contributed by atoms with van der Waals surface area (Å²) in [4.78, 5) is 2.89. The van der Waals surface area contributed by atoms with Crippen LogP contribution in [0.1, 0.15) is 18.6 Å². The summed E-state index contributed by atoms with van der Waals surface area (Å²) < 4.78 is 15.2. The fourth-order valence-corrected chi connectivity index (χ4v) is 0.789. The zero-order valence-corrected chi connectivity index (χ0v) is 7.67. The van der Waals surface area contributed by atoms with Crippen LogP contribution in [0.25, 0.3) is 0 Å². The summed E-state index contributed by atoms with van der Waals surface area (Å²) in [5.41, 5.74) is 0. The highest BCUT2D eigenvalue weighted by Crippen LogP contribution is 2.20. The SMILES string of the molecule is COC(C)(OC)c1[nH+]c(C)no1. The fraction of sp³-hybridized carbons (Fsp3) is 0.714. The molecule has 1 heterocycles. The zero-order valence-electron chi connectivity index (χ0n) is 7.67. The molecule has 0 fully saturated rings. The summed E-state index contributed by atoms with van der Waals surface area (Å²) in [6.45, 7) is 3.53. The van der Waals surface area contributed by atoms with Gasteiger partial charge in [-0.2, -0.15) is 0 Å². The molecular formula is C7H13N2O3+. The molecule has 5 heteroatoms. The summed E-state index contributed by atoms with van der Waals surface area (Å²) in [5.74, 6) is 0.247. The van der Waals surface area contributed by atoms with E-state index >= 15 is 0 Å². The molecule has 0 aliphatic carbocycles. The quantitative estimate of drug-likeness (QED) is 0.615. The van der Waals surface area contributed by atoms with E-state index < -0.39 is 5.79 Å². The van der Waals surface area contributed by atoms with Crippen LogP contribution < -0.4 is 4.98 Å². The molecule has 1 N–H and O–H groups in total. The predicted molar refractivity (Wildman–Crippen MR) is 39.2 cm³/mol. The predicted octanol–water partition coefficient (Wildman–Crippen LogP) is 0.263. The highest BCUT2D eigenvalue weighted by atomic mass is 16.7. The van der Waals surface area contributed by atoms with E-state index in [1.54, 1.807) is 13.8 Å². The fourth-order valence-electron chi connectivity index (χ4n) is 0.789. The van der Waals surface area contributed by atoms with Crippen LogP contribution in [0, 0.1) is 6.92 Å². The second kappa shape index (κ2) is 3.20. The highest BCUT2D eigenvalue weighted by molar-refractivity contribution is 4.80. The van der Waals surface area contributed by atoms with Crippen molar-refractivity contribution in [3.63, 3.8) is 0 Å². The molecule has 0 atom stereocenters. The van der Waals surface area contributed by atoms with Gasteiger partial charge in [0.15, 0.2) is 5.16 Å². The largest absolute Gasteiger partial charge is 0.374 e. The van der Waals surface area contributed by atoms with E-state index in [4.69, 9.17) is 14.0 Å². The monoisotopic (exact) mass is 173 g/mol. The molecule has 0 amide bonds. The standard InChI is InChI=1S/C7H12N2O3/c1-5-8-6(12-9-5)7(2,10-3)11-4/h1-4H3/p+1. The Morgan fingerprint density at radius 3 is 2.33 bits per heavy atom. The number of aryl methyl sites for hydroxylation is 1. The number of methoxy groups -OCH3 is 2. The third kappa shape index (κ3) is 1.46. The van der Waals surface area contributed by atoms with E-state index in [0.29, 0.717) is 11.7 Å². The molecule has 1 aromatic rings. The molecular weight excluding hydrogens is 160 g/mol. The maximum Gasteiger partial charge on any atom is 0.374 e. The number of aromatic nitrogens is 2. The Morgan fingerprint density at radius 2 is 2.00 bits per heavy atom. The molecule has 0 saturated carbocycles. The third-order valence-electron chi connectivity index (χ3n) is 1.76. The maximum absolute atomic E-state index is 5.10. The van der Waals surface area contributed by atoms with Crippen molar-refractivity contribution in [2.45, 2.75) is 19.6 Å².